The third-order valence-electron chi connectivity index (χ3n) is 4.47. The molecule has 1 saturated carbocycles. The molecule has 1 fully saturated rings. The molecule has 0 spiro atoms. The van der Waals surface area contributed by atoms with Crippen LogP contribution in [0.2, 0.25) is 0 Å². The molecule has 2 N–H and O–H groups in total. The Morgan fingerprint density at radius 1 is 1.39 bits per heavy atom. The molecule has 2 heteroatoms. The largest absolute Gasteiger partial charge is 0.496 e. The van der Waals surface area contributed by atoms with Crippen LogP contribution in [0.25, 0.3) is 0 Å². The first kappa shape index (κ1) is 13.4. The molecule has 0 heterocycles. The number of rotatable bonds is 3. The van der Waals surface area contributed by atoms with Crippen molar-refractivity contribution in [1.29, 1.82) is 0 Å². The van der Waals surface area contributed by atoms with Gasteiger partial charge in [0.15, 0.2) is 0 Å². The molecular weight excluding hydrogens is 222 g/mol. The SMILES string of the molecule is COc1ccc(C)cc1CC1(N)CCCCC1C. The first-order chi connectivity index (χ1) is 8.55. The molecule has 0 amide bonds. The van der Waals surface area contributed by atoms with E-state index in [9.17, 15) is 0 Å². The van der Waals surface area contributed by atoms with Crippen LogP contribution < -0.4 is 10.5 Å². The number of nitrogens with two attached hydrogens (primary N) is 1. The maximum Gasteiger partial charge on any atom is 0.122 e. The standard InChI is InChI=1S/C16H25NO/c1-12-7-8-15(18-3)14(10-12)11-16(17)9-5-4-6-13(16)2/h7-8,10,13H,4-6,9,11,17H2,1-3H3. The average Bonchev–Trinajstić information content (AvgIpc) is 2.33. The fourth-order valence-corrected chi connectivity index (χ4v) is 3.10. The summed E-state index contributed by atoms with van der Waals surface area (Å²) in [5.74, 6) is 1.57. The van der Waals surface area contributed by atoms with Gasteiger partial charge in [-0.3, -0.25) is 0 Å². The molecular formula is C16H25NO. The Morgan fingerprint density at radius 2 is 2.17 bits per heavy atom. The first-order valence-corrected chi connectivity index (χ1v) is 6.97. The highest BCUT2D eigenvalue weighted by atomic mass is 16.5. The molecule has 1 aliphatic carbocycles. The predicted molar refractivity (Wildman–Crippen MR) is 76.0 cm³/mol. The summed E-state index contributed by atoms with van der Waals surface area (Å²) in [6, 6.07) is 6.37. The summed E-state index contributed by atoms with van der Waals surface area (Å²) >= 11 is 0. The second-order valence-corrected chi connectivity index (χ2v) is 5.87. The fourth-order valence-electron chi connectivity index (χ4n) is 3.10. The molecule has 0 aromatic heterocycles. The quantitative estimate of drug-likeness (QED) is 0.888. The van der Waals surface area contributed by atoms with Crippen LogP contribution in [0.4, 0.5) is 0 Å². The molecule has 2 rings (SSSR count). The topological polar surface area (TPSA) is 35.2 Å². The summed E-state index contributed by atoms with van der Waals surface area (Å²) < 4.78 is 5.47. The second kappa shape index (κ2) is 5.31. The lowest BCUT2D eigenvalue weighted by Gasteiger charge is -2.40. The molecule has 1 aromatic rings. The Kier molecular flexibility index (Phi) is 3.96. The number of methoxy groups -OCH3 is 1. The van der Waals surface area contributed by atoms with Gasteiger partial charge >= 0.3 is 0 Å². The zero-order valence-corrected chi connectivity index (χ0v) is 11.8. The van der Waals surface area contributed by atoms with Crippen molar-refractivity contribution in [3.63, 3.8) is 0 Å². The van der Waals surface area contributed by atoms with E-state index in [-0.39, 0.29) is 5.54 Å². The van der Waals surface area contributed by atoms with Crippen LogP contribution in [0, 0.1) is 12.8 Å². The lowest BCUT2D eigenvalue weighted by atomic mass is 9.71. The summed E-state index contributed by atoms with van der Waals surface area (Å²) in [6.45, 7) is 4.41. The van der Waals surface area contributed by atoms with Crippen molar-refractivity contribution in [3.05, 3.63) is 29.3 Å². The number of aryl methyl sites for hydroxylation is 1. The molecule has 100 valence electrons. The van der Waals surface area contributed by atoms with E-state index in [2.05, 4.69) is 32.0 Å². The van der Waals surface area contributed by atoms with Gasteiger partial charge < -0.3 is 10.5 Å². The van der Waals surface area contributed by atoms with Crippen molar-refractivity contribution >= 4 is 0 Å². The van der Waals surface area contributed by atoms with Crippen LogP contribution >= 0.6 is 0 Å². The number of ether oxygens (including phenoxy) is 1. The zero-order chi connectivity index (χ0) is 13.2. The van der Waals surface area contributed by atoms with E-state index in [0.717, 1.165) is 18.6 Å². The van der Waals surface area contributed by atoms with Crippen LogP contribution in [0.5, 0.6) is 5.75 Å². The maximum absolute atomic E-state index is 6.65. The van der Waals surface area contributed by atoms with Gasteiger partial charge in [0.1, 0.15) is 5.75 Å². The van der Waals surface area contributed by atoms with Crippen molar-refractivity contribution in [2.45, 2.75) is 51.5 Å². The highest BCUT2D eigenvalue weighted by molar-refractivity contribution is 5.38. The summed E-state index contributed by atoms with van der Waals surface area (Å²) in [5, 5.41) is 0. The molecule has 0 radical (unpaired) electrons. The van der Waals surface area contributed by atoms with Gasteiger partial charge in [0, 0.05) is 5.54 Å². The maximum atomic E-state index is 6.65. The van der Waals surface area contributed by atoms with Gasteiger partial charge in [0.2, 0.25) is 0 Å². The summed E-state index contributed by atoms with van der Waals surface area (Å²) in [7, 11) is 1.74. The predicted octanol–water partition coefficient (Wildman–Crippen LogP) is 3.45. The minimum absolute atomic E-state index is 0.0562. The third-order valence-corrected chi connectivity index (χ3v) is 4.47. The van der Waals surface area contributed by atoms with Crippen LogP contribution in [0.1, 0.15) is 43.7 Å². The minimum atomic E-state index is -0.0562. The van der Waals surface area contributed by atoms with Crippen LogP contribution in [-0.2, 0) is 6.42 Å². The number of hydrogen-bond donors (Lipinski definition) is 1. The Bertz CT molecular complexity index is 416. The van der Waals surface area contributed by atoms with Gasteiger partial charge in [0.25, 0.3) is 0 Å². The van der Waals surface area contributed by atoms with Crippen molar-refractivity contribution < 1.29 is 4.74 Å². The molecule has 18 heavy (non-hydrogen) atoms. The highest BCUT2D eigenvalue weighted by Gasteiger charge is 2.34. The lowest BCUT2D eigenvalue weighted by Crippen LogP contribution is -2.50. The molecule has 1 aromatic carbocycles. The smallest absolute Gasteiger partial charge is 0.122 e. The molecule has 0 saturated heterocycles. The molecule has 0 bridgehead atoms. The van der Waals surface area contributed by atoms with E-state index < -0.39 is 0 Å². The third kappa shape index (κ3) is 2.69. The molecule has 2 nitrogen and oxygen atoms in total. The summed E-state index contributed by atoms with van der Waals surface area (Å²) in [6.07, 6.45) is 5.90. The lowest BCUT2D eigenvalue weighted by molar-refractivity contribution is 0.202. The van der Waals surface area contributed by atoms with E-state index in [0.29, 0.717) is 5.92 Å². The normalized spacial score (nSPS) is 28.1. The molecule has 2 unspecified atom stereocenters. The van der Waals surface area contributed by atoms with Crippen LogP contribution in [0.15, 0.2) is 18.2 Å². The van der Waals surface area contributed by atoms with Crippen molar-refractivity contribution in [1.82, 2.24) is 0 Å². The Balaban J connectivity index is 2.24. The highest BCUT2D eigenvalue weighted by Crippen LogP contribution is 2.36. The summed E-state index contributed by atoms with van der Waals surface area (Å²) in [5.41, 5.74) is 9.13. The average molecular weight is 247 g/mol. The van der Waals surface area contributed by atoms with E-state index in [4.69, 9.17) is 10.5 Å². The van der Waals surface area contributed by atoms with Crippen molar-refractivity contribution in [3.8, 4) is 5.75 Å². The summed E-state index contributed by atoms with van der Waals surface area (Å²) in [4.78, 5) is 0. The molecule has 0 aliphatic heterocycles. The second-order valence-electron chi connectivity index (χ2n) is 5.87. The van der Waals surface area contributed by atoms with E-state index in [1.807, 2.05) is 0 Å². The Labute approximate surface area is 111 Å². The van der Waals surface area contributed by atoms with Gasteiger partial charge in [-0.05, 0) is 43.7 Å². The Morgan fingerprint density at radius 3 is 2.83 bits per heavy atom. The van der Waals surface area contributed by atoms with Crippen LogP contribution in [0.3, 0.4) is 0 Å². The van der Waals surface area contributed by atoms with Gasteiger partial charge in [-0.2, -0.15) is 0 Å². The van der Waals surface area contributed by atoms with E-state index in [1.165, 1.54) is 30.4 Å². The van der Waals surface area contributed by atoms with Gasteiger partial charge in [-0.15, -0.1) is 0 Å². The minimum Gasteiger partial charge on any atom is -0.496 e. The number of benzene rings is 1. The van der Waals surface area contributed by atoms with Gasteiger partial charge in [0.05, 0.1) is 7.11 Å². The number of hydrogen-bond acceptors (Lipinski definition) is 2. The zero-order valence-electron chi connectivity index (χ0n) is 11.8. The van der Waals surface area contributed by atoms with Gasteiger partial charge in [-0.25, -0.2) is 0 Å². The fraction of sp³-hybridized carbons (Fsp3) is 0.625. The van der Waals surface area contributed by atoms with Crippen molar-refractivity contribution in [2.75, 3.05) is 7.11 Å². The first-order valence-electron chi connectivity index (χ1n) is 6.97. The molecule has 2 atom stereocenters. The van der Waals surface area contributed by atoms with Gasteiger partial charge in [-0.1, -0.05) is 37.5 Å². The van der Waals surface area contributed by atoms with E-state index in [1.54, 1.807) is 7.11 Å². The van der Waals surface area contributed by atoms with E-state index >= 15 is 0 Å². The van der Waals surface area contributed by atoms with Crippen LogP contribution in [-0.4, -0.2) is 12.6 Å². The van der Waals surface area contributed by atoms with Crippen molar-refractivity contribution in [2.24, 2.45) is 11.7 Å². The monoisotopic (exact) mass is 247 g/mol. The molecule has 1 aliphatic rings. The Hall–Kier alpha value is -1.02.